The third kappa shape index (κ3) is 4.63. The van der Waals surface area contributed by atoms with Gasteiger partial charge < -0.3 is 28.7 Å². The number of oxime groups is 1. The number of carbonyl (C=O) groups is 2. The molecule has 9 nitrogen and oxygen atoms in total. The molecule has 1 aromatic rings. The zero-order chi connectivity index (χ0) is 18.4. The van der Waals surface area contributed by atoms with E-state index in [2.05, 4.69) is 5.16 Å². The molecule has 3 rings (SSSR count). The fourth-order valence-electron chi connectivity index (χ4n) is 2.44. The molecule has 1 saturated heterocycles. The van der Waals surface area contributed by atoms with Gasteiger partial charge >= 0.3 is 5.97 Å². The first-order chi connectivity index (χ1) is 12.6. The predicted octanol–water partition coefficient (Wildman–Crippen LogP) is 0.558. The van der Waals surface area contributed by atoms with Gasteiger partial charge in [-0.1, -0.05) is 5.16 Å². The zero-order valence-electron chi connectivity index (χ0n) is 14.4. The number of hydrogen-bond acceptors (Lipinski definition) is 8. The molecule has 0 aromatic heterocycles. The van der Waals surface area contributed by atoms with Gasteiger partial charge in [-0.15, -0.1) is 0 Å². The molecule has 1 amide bonds. The van der Waals surface area contributed by atoms with E-state index in [1.807, 2.05) is 6.07 Å². The van der Waals surface area contributed by atoms with Gasteiger partial charge in [-0.3, -0.25) is 4.79 Å². The van der Waals surface area contributed by atoms with E-state index in [1.165, 1.54) is 0 Å². The lowest BCUT2D eigenvalue weighted by Gasteiger charge is -2.26. The van der Waals surface area contributed by atoms with Crippen molar-refractivity contribution in [3.63, 3.8) is 0 Å². The number of nitrogens with zero attached hydrogens (tertiary/aromatic N) is 2. The Hall–Kier alpha value is -2.81. The minimum absolute atomic E-state index is 0.195. The highest BCUT2D eigenvalue weighted by Gasteiger charge is 2.18. The summed E-state index contributed by atoms with van der Waals surface area (Å²) in [6.07, 6.45) is 0. The molecule has 2 heterocycles. The van der Waals surface area contributed by atoms with Gasteiger partial charge in [-0.25, -0.2) is 4.79 Å². The first-order valence-corrected chi connectivity index (χ1v) is 8.21. The lowest BCUT2D eigenvalue weighted by Crippen LogP contribution is -2.42. The van der Waals surface area contributed by atoms with Gasteiger partial charge in [0.1, 0.15) is 0 Å². The van der Waals surface area contributed by atoms with Gasteiger partial charge in [-0.2, -0.15) is 0 Å². The fraction of sp³-hybridized carbons (Fsp3) is 0.471. The minimum Gasteiger partial charge on any atom is -0.454 e. The minimum atomic E-state index is -0.658. The molecule has 0 unspecified atom stereocenters. The van der Waals surface area contributed by atoms with E-state index in [1.54, 1.807) is 24.0 Å². The number of benzene rings is 1. The second-order valence-electron chi connectivity index (χ2n) is 5.67. The van der Waals surface area contributed by atoms with Crippen LogP contribution in [0.4, 0.5) is 0 Å². The van der Waals surface area contributed by atoms with E-state index in [0.717, 1.165) is 5.56 Å². The van der Waals surface area contributed by atoms with Crippen LogP contribution in [0.3, 0.4) is 0 Å². The van der Waals surface area contributed by atoms with Crippen LogP contribution < -0.4 is 9.47 Å². The summed E-state index contributed by atoms with van der Waals surface area (Å²) in [7, 11) is 0. The van der Waals surface area contributed by atoms with Gasteiger partial charge in [0.25, 0.3) is 5.91 Å². The summed E-state index contributed by atoms with van der Waals surface area (Å²) in [5.74, 6) is 0.407. The first kappa shape index (κ1) is 18.0. The van der Waals surface area contributed by atoms with Gasteiger partial charge in [0.05, 0.1) is 18.9 Å². The van der Waals surface area contributed by atoms with E-state index < -0.39 is 5.97 Å². The van der Waals surface area contributed by atoms with Crippen molar-refractivity contribution < 1.29 is 33.4 Å². The van der Waals surface area contributed by atoms with Crippen LogP contribution in [0.5, 0.6) is 11.5 Å². The molecule has 1 fully saturated rings. The smallest absolute Gasteiger partial charge is 0.347 e. The van der Waals surface area contributed by atoms with Crippen LogP contribution >= 0.6 is 0 Å². The van der Waals surface area contributed by atoms with E-state index in [0.29, 0.717) is 43.5 Å². The van der Waals surface area contributed by atoms with Crippen LogP contribution in [0.2, 0.25) is 0 Å². The van der Waals surface area contributed by atoms with Crippen LogP contribution in [-0.2, 0) is 23.9 Å². The second-order valence-corrected chi connectivity index (χ2v) is 5.67. The summed E-state index contributed by atoms with van der Waals surface area (Å²) in [4.78, 5) is 30.1. The summed E-state index contributed by atoms with van der Waals surface area (Å²) in [6, 6.07) is 5.38. The van der Waals surface area contributed by atoms with Gasteiger partial charge in [0.15, 0.2) is 18.1 Å². The molecule has 140 valence electrons. The Balaban J connectivity index is 1.41. The van der Waals surface area contributed by atoms with E-state index in [-0.39, 0.29) is 25.9 Å². The maximum Gasteiger partial charge on any atom is 0.347 e. The van der Waals surface area contributed by atoms with Gasteiger partial charge in [0, 0.05) is 18.7 Å². The van der Waals surface area contributed by atoms with E-state index >= 15 is 0 Å². The Kier molecular flexibility index (Phi) is 5.90. The quantitative estimate of drug-likeness (QED) is 0.413. The monoisotopic (exact) mass is 364 g/mol. The number of hydrogen-bond donors (Lipinski definition) is 0. The normalized spacial score (nSPS) is 16.3. The first-order valence-electron chi connectivity index (χ1n) is 8.21. The molecule has 0 atom stereocenters. The Bertz CT molecular complexity index is 698. The summed E-state index contributed by atoms with van der Waals surface area (Å²) in [5.41, 5.74) is 1.35. The number of carbonyl (C=O) groups excluding carboxylic acids is 2. The average Bonchev–Trinajstić information content (AvgIpc) is 3.14. The Morgan fingerprint density at radius 2 is 1.92 bits per heavy atom. The fourth-order valence-corrected chi connectivity index (χ4v) is 2.44. The molecular formula is C17H20N2O7. The number of morpholine rings is 1. The van der Waals surface area contributed by atoms with Crippen LogP contribution in [0.15, 0.2) is 23.4 Å². The Labute approximate surface area is 150 Å². The summed E-state index contributed by atoms with van der Waals surface area (Å²) in [6.45, 7) is 3.25. The van der Waals surface area contributed by atoms with Crippen LogP contribution in [0.1, 0.15) is 12.5 Å². The lowest BCUT2D eigenvalue weighted by molar-refractivity contribution is -0.157. The van der Waals surface area contributed by atoms with Crippen molar-refractivity contribution in [3.05, 3.63) is 23.8 Å². The summed E-state index contributed by atoms with van der Waals surface area (Å²) in [5, 5.41) is 3.88. The highest BCUT2D eigenvalue weighted by molar-refractivity contribution is 5.99. The molecule has 0 bridgehead atoms. The molecule has 2 aliphatic rings. The van der Waals surface area contributed by atoms with Crippen molar-refractivity contribution in [1.82, 2.24) is 4.90 Å². The maximum atomic E-state index is 11.9. The SMILES string of the molecule is C/C(=N/OCC(=O)OCC(=O)N1CCOCC1)c1ccc2c(c1)OCO2. The average molecular weight is 364 g/mol. The summed E-state index contributed by atoms with van der Waals surface area (Å²) < 4.78 is 20.6. The van der Waals surface area contributed by atoms with Crippen LogP contribution in [0, 0.1) is 0 Å². The lowest BCUT2D eigenvalue weighted by atomic mass is 10.1. The maximum absolute atomic E-state index is 11.9. The van der Waals surface area contributed by atoms with Crippen molar-refractivity contribution in [1.29, 1.82) is 0 Å². The van der Waals surface area contributed by atoms with Crippen molar-refractivity contribution in [2.24, 2.45) is 5.16 Å². The van der Waals surface area contributed by atoms with E-state index in [9.17, 15) is 9.59 Å². The standard InChI is InChI=1S/C17H20N2O7/c1-12(13-2-3-14-15(8-13)25-11-24-14)18-26-10-17(21)23-9-16(20)19-4-6-22-7-5-19/h2-3,8H,4-7,9-11H2,1H3/b18-12-. The second kappa shape index (κ2) is 8.52. The van der Waals surface area contributed by atoms with Gasteiger partial charge in [0.2, 0.25) is 13.4 Å². The molecular weight excluding hydrogens is 344 g/mol. The topological polar surface area (TPSA) is 95.9 Å². The van der Waals surface area contributed by atoms with Crippen molar-refractivity contribution >= 4 is 17.6 Å². The molecule has 26 heavy (non-hydrogen) atoms. The zero-order valence-corrected chi connectivity index (χ0v) is 14.4. The molecule has 0 N–H and O–H groups in total. The molecule has 1 aromatic carbocycles. The van der Waals surface area contributed by atoms with Gasteiger partial charge in [-0.05, 0) is 25.1 Å². The molecule has 0 radical (unpaired) electrons. The number of fused-ring (bicyclic) bond motifs is 1. The van der Waals surface area contributed by atoms with Crippen LogP contribution in [-0.4, -0.2) is 68.8 Å². The number of rotatable bonds is 6. The van der Waals surface area contributed by atoms with E-state index in [4.69, 9.17) is 23.8 Å². The molecule has 0 spiro atoms. The Morgan fingerprint density at radius 1 is 1.15 bits per heavy atom. The third-order valence-electron chi connectivity index (χ3n) is 3.89. The number of ether oxygens (including phenoxy) is 4. The predicted molar refractivity (Wildman–Crippen MR) is 89.1 cm³/mol. The summed E-state index contributed by atoms with van der Waals surface area (Å²) >= 11 is 0. The number of esters is 1. The molecule has 2 aliphatic heterocycles. The Morgan fingerprint density at radius 3 is 2.73 bits per heavy atom. The highest BCUT2D eigenvalue weighted by atomic mass is 16.7. The van der Waals surface area contributed by atoms with Crippen molar-refractivity contribution in [2.45, 2.75) is 6.92 Å². The van der Waals surface area contributed by atoms with Crippen molar-refractivity contribution in [2.75, 3.05) is 46.3 Å². The highest BCUT2D eigenvalue weighted by Crippen LogP contribution is 2.32. The number of amides is 1. The third-order valence-corrected chi connectivity index (χ3v) is 3.89. The molecule has 0 saturated carbocycles. The molecule has 0 aliphatic carbocycles. The molecule has 9 heteroatoms. The van der Waals surface area contributed by atoms with Crippen molar-refractivity contribution in [3.8, 4) is 11.5 Å². The largest absolute Gasteiger partial charge is 0.454 e. The van der Waals surface area contributed by atoms with Crippen LogP contribution in [0.25, 0.3) is 0 Å².